The highest BCUT2D eigenvalue weighted by molar-refractivity contribution is 5.91. The van der Waals surface area contributed by atoms with Gasteiger partial charge in [-0.3, -0.25) is 9.59 Å². The number of nitrogens with zero attached hydrogens (tertiary/aromatic N) is 2. The van der Waals surface area contributed by atoms with E-state index in [0.717, 1.165) is 24.0 Å². The zero-order valence-electron chi connectivity index (χ0n) is 17.6. The average molecular weight is 426 g/mol. The molecule has 1 amide bonds. The van der Waals surface area contributed by atoms with Crippen LogP contribution in [0.4, 0.5) is 0 Å². The van der Waals surface area contributed by atoms with E-state index < -0.39 is 5.91 Å². The number of rotatable bonds is 10. The molecular weight excluding hydrogens is 402 g/mol. The van der Waals surface area contributed by atoms with Gasteiger partial charge in [-0.15, -0.1) is 0 Å². The number of hydrogen-bond acceptors (Lipinski definition) is 4. The van der Waals surface area contributed by atoms with Crippen LogP contribution in [-0.2, 0) is 24.1 Å². The molecule has 2 aromatic carbocycles. The molecule has 0 saturated heterocycles. The number of aromatic nitrogens is 2. The second kappa shape index (κ2) is 9.92. The van der Waals surface area contributed by atoms with Gasteiger partial charge in [0.1, 0.15) is 6.04 Å². The Bertz CT molecular complexity index is 1160. The summed E-state index contributed by atoms with van der Waals surface area (Å²) >= 11 is 0. The van der Waals surface area contributed by atoms with E-state index in [1.54, 1.807) is 0 Å². The van der Waals surface area contributed by atoms with E-state index in [0.29, 0.717) is 24.4 Å². The van der Waals surface area contributed by atoms with Crippen molar-refractivity contribution >= 4 is 12.2 Å². The van der Waals surface area contributed by atoms with Gasteiger partial charge >= 0.3 is 0 Å². The molecule has 1 radical (unpaired) electrons. The highest BCUT2D eigenvalue weighted by Crippen LogP contribution is 2.23. The topological polar surface area (TPSA) is 91.1 Å². The standard InChI is InChI=1S/C26H24N3O3/c27-25(31)24-23(28-26(32-24)21-8-2-1-3-9-21)10-6-7-19-11-13-20(14-12-19)17-22(18-30)29-15-4-5-16-29/h1-5,8-9,11-16,22H,6-7,10,17H2,(H2,27,31). The van der Waals surface area contributed by atoms with Crippen LogP contribution in [0.1, 0.15) is 39.8 Å². The average Bonchev–Trinajstić information content (AvgIpc) is 3.50. The van der Waals surface area contributed by atoms with Gasteiger partial charge in [-0.25, -0.2) is 4.98 Å². The molecule has 32 heavy (non-hydrogen) atoms. The third-order valence-electron chi connectivity index (χ3n) is 5.40. The van der Waals surface area contributed by atoms with E-state index >= 15 is 0 Å². The third-order valence-corrected chi connectivity index (χ3v) is 5.40. The fraction of sp³-hybridized carbons (Fsp3) is 0.192. The van der Waals surface area contributed by atoms with Gasteiger partial charge in [-0.1, -0.05) is 42.5 Å². The summed E-state index contributed by atoms with van der Waals surface area (Å²) in [6, 6.07) is 21.1. The fourth-order valence-electron chi connectivity index (χ4n) is 3.71. The minimum atomic E-state index is -0.608. The minimum absolute atomic E-state index is 0.125. The van der Waals surface area contributed by atoms with Crippen molar-refractivity contribution < 1.29 is 14.0 Å². The first-order chi connectivity index (χ1) is 15.6. The predicted octanol–water partition coefficient (Wildman–Crippen LogP) is 4.31. The molecule has 0 aliphatic heterocycles. The molecule has 2 heterocycles. The summed E-state index contributed by atoms with van der Waals surface area (Å²) in [4.78, 5) is 27.6. The number of nitrogens with two attached hydrogens (primary N) is 1. The van der Waals surface area contributed by atoms with E-state index in [1.807, 2.05) is 71.6 Å². The molecule has 0 saturated carbocycles. The van der Waals surface area contributed by atoms with Gasteiger partial charge in [0.15, 0.2) is 0 Å². The molecule has 6 heteroatoms. The van der Waals surface area contributed by atoms with Crippen molar-refractivity contribution in [2.24, 2.45) is 5.73 Å². The molecule has 0 fully saturated rings. The van der Waals surface area contributed by atoms with Gasteiger partial charge in [0.25, 0.3) is 5.91 Å². The van der Waals surface area contributed by atoms with Crippen LogP contribution in [0.2, 0.25) is 0 Å². The maximum absolute atomic E-state index is 11.8. The van der Waals surface area contributed by atoms with Crippen LogP contribution in [0.5, 0.6) is 0 Å². The molecule has 0 aliphatic carbocycles. The van der Waals surface area contributed by atoms with E-state index in [9.17, 15) is 9.59 Å². The van der Waals surface area contributed by atoms with Crippen LogP contribution >= 0.6 is 0 Å². The Kier molecular flexibility index (Phi) is 6.60. The Morgan fingerprint density at radius 2 is 1.66 bits per heavy atom. The summed E-state index contributed by atoms with van der Waals surface area (Å²) in [6.45, 7) is 0. The van der Waals surface area contributed by atoms with Crippen molar-refractivity contribution in [3.8, 4) is 11.5 Å². The SMILES string of the molecule is NC(=O)c1oc(-c2ccccc2)nc1CCCc1ccc(CC([C]=O)n2cccc2)cc1. The molecule has 6 nitrogen and oxygen atoms in total. The summed E-state index contributed by atoms with van der Waals surface area (Å²) in [5.41, 5.74) is 9.14. The molecule has 0 aliphatic rings. The van der Waals surface area contributed by atoms with Gasteiger partial charge < -0.3 is 14.7 Å². The molecule has 1 unspecified atom stereocenters. The lowest BCUT2D eigenvalue weighted by Gasteiger charge is -2.12. The molecule has 0 bridgehead atoms. The zero-order valence-corrected chi connectivity index (χ0v) is 17.6. The first kappa shape index (κ1) is 21.3. The normalized spacial score (nSPS) is 11.9. The summed E-state index contributed by atoms with van der Waals surface area (Å²) < 4.78 is 7.50. The number of amides is 1. The van der Waals surface area contributed by atoms with E-state index in [2.05, 4.69) is 23.4 Å². The van der Waals surface area contributed by atoms with Crippen LogP contribution in [0.3, 0.4) is 0 Å². The zero-order chi connectivity index (χ0) is 22.3. The lowest BCUT2D eigenvalue weighted by Crippen LogP contribution is -2.12. The molecule has 2 N–H and O–H groups in total. The molecular formula is C26H24N3O3. The van der Waals surface area contributed by atoms with E-state index in [1.165, 1.54) is 5.56 Å². The smallest absolute Gasteiger partial charge is 0.286 e. The van der Waals surface area contributed by atoms with Gasteiger partial charge in [0.05, 0.1) is 5.69 Å². The largest absolute Gasteiger partial charge is 0.431 e. The van der Waals surface area contributed by atoms with Crippen LogP contribution in [0.25, 0.3) is 11.5 Å². The van der Waals surface area contributed by atoms with Gasteiger partial charge in [0, 0.05) is 24.4 Å². The molecule has 4 rings (SSSR count). The summed E-state index contributed by atoms with van der Waals surface area (Å²) in [7, 11) is 0. The molecule has 2 aromatic heterocycles. The summed E-state index contributed by atoms with van der Waals surface area (Å²) in [5, 5.41) is 0. The minimum Gasteiger partial charge on any atom is -0.431 e. The molecule has 1 atom stereocenters. The van der Waals surface area contributed by atoms with Crippen molar-refractivity contribution in [1.82, 2.24) is 9.55 Å². The predicted molar refractivity (Wildman–Crippen MR) is 122 cm³/mol. The number of hydrogen-bond donors (Lipinski definition) is 1. The van der Waals surface area contributed by atoms with Gasteiger partial charge in [0.2, 0.25) is 17.9 Å². The maximum Gasteiger partial charge on any atom is 0.286 e. The molecule has 161 valence electrons. The fourth-order valence-corrected chi connectivity index (χ4v) is 3.71. The maximum atomic E-state index is 11.8. The van der Waals surface area contributed by atoms with Crippen molar-refractivity contribution in [2.75, 3.05) is 0 Å². The van der Waals surface area contributed by atoms with Crippen LogP contribution < -0.4 is 5.73 Å². The van der Waals surface area contributed by atoms with E-state index in [-0.39, 0.29) is 11.8 Å². The van der Waals surface area contributed by atoms with Crippen LogP contribution in [-0.4, -0.2) is 21.7 Å². The number of carbonyl (C=O) groups is 1. The van der Waals surface area contributed by atoms with Crippen molar-refractivity contribution in [1.29, 1.82) is 0 Å². The number of oxazole rings is 1. The van der Waals surface area contributed by atoms with Crippen molar-refractivity contribution in [2.45, 2.75) is 31.7 Å². The highest BCUT2D eigenvalue weighted by atomic mass is 16.4. The quantitative estimate of drug-likeness (QED) is 0.409. The van der Waals surface area contributed by atoms with Crippen molar-refractivity contribution in [3.05, 3.63) is 102 Å². The van der Waals surface area contributed by atoms with Gasteiger partial charge in [-0.2, -0.15) is 0 Å². The van der Waals surface area contributed by atoms with E-state index in [4.69, 9.17) is 10.2 Å². The Balaban J connectivity index is 1.37. The lowest BCUT2D eigenvalue weighted by atomic mass is 10.0. The van der Waals surface area contributed by atoms with Gasteiger partial charge in [-0.05, 0) is 54.7 Å². The Morgan fingerprint density at radius 1 is 0.969 bits per heavy atom. The lowest BCUT2D eigenvalue weighted by molar-refractivity contribution is 0.0973. The second-order valence-electron chi connectivity index (χ2n) is 7.66. The van der Waals surface area contributed by atoms with Crippen LogP contribution in [0.15, 0.2) is 83.5 Å². The first-order valence-electron chi connectivity index (χ1n) is 10.6. The third kappa shape index (κ3) is 5.03. The molecule has 0 spiro atoms. The molecule has 4 aromatic rings. The number of benzene rings is 2. The number of primary amides is 1. The first-order valence-corrected chi connectivity index (χ1v) is 10.6. The van der Waals surface area contributed by atoms with Crippen LogP contribution in [0, 0.1) is 0 Å². The summed E-state index contributed by atoms with van der Waals surface area (Å²) in [6.07, 6.45) is 8.67. The van der Waals surface area contributed by atoms with Crippen molar-refractivity contribution in [3.63, 3.8) is 0 Å². The second-order valence-corrected chi connectivity index (χ2v) is 7.66. The highest BCUT2D eigenvalue weighted by Gasteiger charge is 2.18. The Morgan fingerprint density at radius 3 is 2.31 bits per heavy atom. The Hall–Kier alpha value is -3.93. The summed E-state index contributed by atoms with van der Waals surface area (Å²) in [5.74, 6) is -0.0772. The number of aryl methyl sites for hydroxylation is 2. The number of carbonyl (C=O) groups excluding carboxylic acids is 2. The monoisotopic (exact) mass is 426 g/mol. The Labute approximate surface area is 186 Å².